The lowest BCUT2D eigenvalue weighted by Crippen LogP contribution is -1.95. The van der Waals surface area contributed by atoms with E-state index >= 15 is 0 Å². The quantitative estimate of drug-likeness (QED) is 0.722. The highest BCUT2D eigenvalue weighted by Crippen LogP contribution is 2.36. The van der Waals surface area contributed by atoms with Crippen molar-refractivity contribution >= 4 is 22.9 Å². The first-order valence-corrected chi connectivity index (χ1v) is 7.31. The number of benzene rings is 1. The lowest BCUT2D eigenvalue weighted by atomic mass is 10.0. The summed E-state index contributed by atoms with van der Waals surface area (Å²) in [6.07, 6.45) is 0. The van der Waals surface area contributed by atoms with Gasteiger partial charge in [-0.1, -0.05) is 18.2 Å². The molecule has 0 fully saturated rings. The second kappa shape index (κ2) is 4.69. The standard InChI is InChI=1S/C15H15ClOS/c1-9-5-14(10(2)18-9)15(16)11-3-4-12-7-17-8-13(12)6-11/h3-6,15H,7-8H2,1-2H3. The predicted molar refractivity (Wildman–Crippen MR) is 76.4 cm³/mol. The number of hydrogen-bond donors (Lipinski definition) is 0. The third-order valence-electron chi connectivity index (χ3n) is 3.39. The molecular formula is C15H15ClOS. The van der Waals surface area contributed by atoms with E-state index < -0.39 is 0 Å². The summed E-state index contributed by atoms with van der Waals surface area (Å²) in [6.45, 7) is 5.72. The van der Waals surface area contributed by atoms with Gasteiger partial charge in [-0.25, -0.2) is 0 Å². The highest BCUT2D eigenvalue weighted by molar-refractivity contribution is 7.12. The molecule has 0 amide bonds. The molecular weight excluding hydrogens is 264 g/mol. The molecule has 0 saturated heterocycles. The monoisotopic (exact) mass is 278 g/mol. The Morgan fingerprint density at radius 3 is 2.67 bits per heavy atom. The number of ether oxygens (including phenoxy) is 1. The molecule has 2 aromatic rings. The highest BCUT2D eigenvalue weighted by atomic mass is 35.5. The molecule has 1 aromatic heterocycles. The van der Waals surface area contributed by atoms with E-state index in [0.717, 1.165) is 6.61 Å². The Balaban J connectivity index is 1.97. The molecule has 1 aliphatic rings. The van der Waals surface area contributed by atoms with Gasteiger partial charge < -0.3 is 4.74 Å². The summed E-state index contributed by atoms with van der Waals surface area (Å²) in [5.41, 5.74) is 4.98. The van der Waals surface area contributed by atoms with E-state index in [1.54, 1.807) is 0 Å². The molecule has 94 valence electrons. The number of halogens is 1. The zero-order chi connectivity index (χ0) is 12.7. The number of rotatable bonds is 2. The smallest absolute Gasteiger partial charge is 0.0846 e. The van der Waals surface area contributed by atoms with Crippen molar-refractivity contribution in [1.29, 1.82) is 0 Å². The van der Waals surface area contributed by atoms with Gasteiger partial charge in [0.25, 0.3) is 0 Å². The normalized spacial score (nSPS) is 15.7. The summed E-state index contributed by atoms with van der Waals surface area (Å²) in [6, 6.07) is 8.65. The minimum atomic E-state index is -0.0548. The maximum atomic E-state index is 6.62. The largest absolute Gasteiger partial charge is 0.372 e. The van der Waals surface area contributed by atoms with Gasteiger partial charge >= 0.3 is 0 Å². The van der Waals surface area contributed by atoms with Crippen LogP contribution in [0.1, 0.15) is 37.4 Å². The van der Waals surface area contributed by atoms with Crippen molar-refractivity contribution < 1.29 is 4.74 Å². The maximum Gasteiger partial charge on any atom is 0.0846 e. The molecule has 0 bridgehead atoms. The van der Waals surface area contributed by atoms with Crippen LogP contribution in [-0.4, -0.2) is 0 Å². The van der Waals surface area contributed by atoms with E-state index in [-0.39, 0.29) is 5.38 Å². The van der Waals surface area contributed by atoms with Crippen molar-refractivity contribution in [1.82, 2.24) is 0 Å². The summed E-state index contributed by atoms with van der Waals surface area (Å²) in [5.74, 6) is 0. The van der Waals surface area contributed by atoms with Gasteiger partial charge in [-0.05, 0) is 42.2 Å². The molecule has 1 atom stereocenters. The van der Waals surface area contributed by atoms with Crippen LogP contribution in [0.25, 0.3) is 0 Å². The van der Waals surface area contributed by atoms with Crippen LogP contribution in [-0.2, 0) is 18.0 Å². The van der Waals surface area contributed by atoms with Crippen LogP contribution in [0.4, 0.5) is 0 Å². The van der Waals surface area contributed by atoms with E-state index in [2.05, 4.69) is 38.1 Å². The number of alkyl halides is 1. The Hall–Kier alpha value is -0.830. The molecule has 0 aliphatic carbocycles. The van der Waals surface area contributed by atoms with Crippen LogP contribution >= 0.6 is 22.9 Å². The number of thiophene rings is 1. The van der Waals surface area contributed by atoms with Gasteiger partial charge in [-0.2, -0.15) is 0 Å². The van der Waals surface area contributed by atoms with Crippen LogP contribution in [0.15, 0.2) is 24.3 Å². The van der Waals surface area contributed by atoms with Crippen LogP contribution in [0, 0.1) is 13.8 Å². The number of aryl methyl sites for hydroxylation is 2. The van der Waals surface area contributed by atoms with Crippen molar-refractivity contribution in [2.24, 2.45) is 0 Å². The van der Waals surface area contributed by atoms with Crippen molar-refractivity contribution in [2.45, 2.75) is 32.4 Å². The van der Waals surface area contributed by atoms with Crippen LogP contribution in [0.5, 0.6) is 0 Å². The molecule has 2 heterocycles. The number of fused-ring (bicyclic) bond motifs is 1. The summed E-state index contributed by atoms with van der Waals surface area (Å²) < 4.78 is 5.44. The zero-order valence-electron chi connectivity index (χ0n) is 10.5. The topological polar surface area (TPSA) is 9.23 Å². The molecule has 0 N–H and O–H groups in total. The summed E-state index contributed by atoms with van der Waals surface area (Å²) >= 11 is 8.43. The van der Waals surface area contributed by atoms with E-state index in [9.17, 15) is 0 Å². The molecule has 18 heavy (non-hydrogen) atoms. The third kappa shape index (κ3) is 2.09. The van der Waals surface area contributed by atoms with Gasteiger partial charge in [0.1, 0.15) is 0 Å². The van der Waals surface area contributed by atoms with Crippen molar-refractivity contribution in [2.75, 3.05) is 0 Å². The Bertz CT molecular complexity index is 588. The van der Waals surface area contributed by atoms with Gasteiger partial charge in [0.05, 0.1) is 18.6 Å². The second-order valence-electron chi connectivity index (χ2n) is 4.75. The second-order valence-corrected chi connectivity index (χ2v) is 6.65. The lowest BCUT2D eigenvalue weighted by molar-refractivity contribution is 0.134. The Morgan fingerprint density at radius 2 is 1.94 bits per heavy atom. The van der Waals surface area contributed by atoms with Crippen LogP contribution in [0.3, 0.4) is 0 Å². The fraction of sp³-hybridized carbons (Fsp3) is 0.333. The molecule has 1 aliphatic heterocycles. The van der Waals surface area contributed by atoms with Gasteiger partial charge in [-0.3, -0.25) is 0 Å². The summed E-state index contributed by atoms with van der Waals surface area (Å²) in [4.78, 5) is 2.63. The van der Waals surface area contributed by atoms with Crippen molar-refractivity contribution in [3.05, 3.63) is 56.3 Å². The minimum absolute atomic E-state index is 0.0548. The van der Waals surface area contributed by atoms with E-state index in [1.807, 2.05) is 11.3 Å². The molecule has 1 aromatic carbocycles. The molecule has 0 spiro atoms. The lowest BCUT2D eigenvalue weighted by Gasteiger charge is -2.11. The number of hydrogen-bond acceptors (Lipinski definition) is 2. The van der Waals surface area contributed by atoms with Gasteiger partial charge in [0.15, 0.2) is 0 Å². The summed E-state index contributed by atoms with van der Waals surface area (Å²) in [5, 5.41) is -0.0548. The molecule has 0 radical (unpaired) electrons. The van der Waals surface area contributed by atoms with E-state index in [1.165, 1.54) is 32.0 Å². The Labute approximate surface area is 116 Å². The minimum Gasteiger partial charge on any atom is -0.372 e. The molecule has 3 heteroatoms. The SMILES string of the molecule is Cc1cc(C(Cl)c2ccc3c(c2)COC3)c(C)s1. The fourth-order valence-corrected chi connectivity index (χ4v) is 3.82. The van der Waals surface area contributed by atoms with Gasteiger partial charge in [-0.15, -0.1) is 22.9 Å². The van der Waals surface area contributed by atoms with Gasteiger partial charge in [0.2, 0.25) is 0 Å². The molecule has 0 saturated carbocycles. The predicted octanol–water partition coefficient (Wildman–Crippen LogP) is 4.72. The van der Waals surface area contributed by atoms with Crippen molar-refractivity contribution in [3.63, 3.8) is 0 Å². The van der Waals surface area contributed by atoms with Crippen molar-refractivity contribution in [3.8, 4) is 0 Å². The first-order chi connectivity index (χ1) is 8.65. The highest BCUT2D eigenvalue weighted by Gasteiger charge is 2.18. The van der Waals surface area contributed by atoms with E-state index in [0.29, 0.717) is 6.61 Å². The average Bonchev–Trinajstić information content (AvgIpc) is 2.93. The Kier molecular flexibility index (Phi) is 3.18. The Morgan fingerprint density at radius 1 is 1.17 bits per heavy atom. The first-order valence-electron chi connectivity index (χ1n) is 6.05. The van der Waals surface area contributed by atoms with Gasteiger partial charge in [0, 0.05) is 9.75 Å². The summed E-state index contributed by atoms with van der Waals surface area (Å²) in [7, 11) is 0. The maximum absolute atomic E-state index is 6.62. The first kappa shape index (κ1) is 12.2. The molecule has 3 rings (SSSR count). The molecule has 1 nitrogen and oxygen atoms in total. The average molecular weight is 279 g/mol. The van der Waals surface area contributed by atoms with Crippen LogP contribution < -0.4 is 0 Å². The third-order valence-corrected chi connectivity index (χ3v) is 4.86. The zero-order valence-corrected chi connectivity index (χ0v) is 12.1. The fourth-order valence-electron chi connectivity index (χ4n) is 2.43. The molecule has 1 unspecified atom stereocenters. The van der Waals surface area contributed by atoms with Crippen LogP contribution in [0.2, 0.25) is 0 Å². The van der Waals surface area contributed by atoms with E-state index in [4.69, 9.17) is 16.3 Å².